The van der Waals surface area contributed by atoms with Gasteiger partial charge in [0, 0.05) is 47.3 Å². The Morgan fingerprint density at radius 2 is 1.71 bits per heavy atom. The predicted molar refractivity (Wildman–Crippen MR) is 127 cm³/mol. The van der Waals surface area contributed by atoms with Crippen LogP contribution < -0.4 is 20.3 Å². The number of nitrogens with zero attached hydrogens (tertiary/aromatic N) is 4. The third kappa shape index (κ3) is 3.68. The largest absolute Gasteiger partial charge is 0.497 e. The Balaban J connectivity index is 1.66. The average molecular weight is 474 g/mol. The molecule has 0 aliphatic carbocycles. The summed E-state index contributed by atoms with van der Waals surface area (Å²) in [4.78, 5) is 40.3. The van der Waals surface area contributed by atoms with Crippen LogP contribution in [0.1, 0.15) is 64.8 Å². The Kier molecular flexibility index (Phi) is 2.77. The van der Waals surface area contributed by atoms with Crippen LogP contribution >= 0.6 is 0 Å². The number of methoxy groups -OCH3 is 1. The van der Waals surface area contributed by atoms with Gasteiger partial charge in [0.15, 0.2) is 5.69 Å². The zero-order chi connectivity index (χ0) is 36.3. The van der Waals surface area contributed by atoms with E-state index in [1.165, 1.54) is 0 Å². The van der Waals surface area contributed by atoms with Crippen LogP contribution in [0.15, 0.2) is 48.4 Å². The van der Waals surface area contributed by atoms with Crippen molar-refractivity contribution in [3.8, 4) is 11.4 Å². The molecule has 2 aliphatic rings. The summed E-state index contributed by atoms with van der Waals surface area (Å²) in [5.74, 6) is -4.51. The van der Waals surface area contributed by atoms with Crippen LogP contribution in [0.2, 0.25) is 0 Å². The molecule has 2 aromatic carbocycles. The van der Waals surface area contributed by atoms with Crippen LogP contribution in [0, 0.1) is 0 Å². The Morgan fingerprint density at radius 1 is 1.03 bits per heavy atom. The van der Waals surface area contributed by atoms with Gasteiger partial charge < -0.3 is 20.3 Å². The highest BCUT2D eigenvalue weighted by molar-refractivity contribution is 6.09. The summed E-state index contributed by atoms with van der Waals surface area (Å²) in [5, 5.41) is 4.00. The lowest BCUT2D eigenvalue weighted by Gasteiger charge is -2.29. The van der Waals surface area contributed by atoms with Crippen molar-refractivity contribution < 1.29 is 38.3 Å². The van der Waals surface area contributed by atoms with Crippen molar-refractivity contribution in [1.29, 1.82) is 0 Å². The molecule has 0 radical (unpaired) electrons. The molecular formula is C25H25N5O4. The molecule has 2 N–H and O–H groups in total. The van der Waals surface area contributed by atoms with Gasteiger partial charge in [0.25, 0.3) is 11.8 Å². The number of ether oxygens (including phenoxy) is 1. The molecule has 1 fully saturated rings. The number of piperidine rings is 1. The Morgan fingerprint density at radius 3 is 2.35 bits per heavy atom. The maximum atomic E-state index is 14.1. The Bertz CT molecular complexity index is 1880. The van der Waals surface area contributed by atoms with E-state index >= 15 is 0 Å². The number of amides is 3. The van der Waals surface area contributed by atoms with Gasteiger partial charge in [0.05, 0.1) is 21.0 Å². The highest BCUT2D eigenvalue weighted by atomic mass is 16.5. The van der Waals surface area contributed by atoms with Gasteiger partial charge in [0.2, 0.25) is 5.91 Å². The van der Waals surface area contributed by atoms with Crippen molar-refractivity contribution in [1.82, 2.24) is 9.78 Å². The van der Waals surface area contributed by atoms with Gasteiger partial charge >= 0.3 is 0 Å². The summed E-state index contributed by atoms with van der Waals surface area (Å²) in [5.41, 5.74) is 2.82. The van der Waals surface area contributed by atoms with Crippen LogP contribution in [0.5, 0.6) is 5.75 Å². The summed E-state index contributed by atoms with van der Waals surface area (Å²) in [6.07, 6.45) is -11.4. The van der Waals surface area contributed by atoms with Gasteiger partial charge in [-0.3, -0.25) is 14.4 Å². The summed E-state index contributed by atoms with van der Waals surface area (Å²) < 4.78 is 121. The molecule has 174 valence electrons. The van der Waals surface area contributed by atoms with Gasteiger partial charge in [0.1, 0.15) is 11.4 Å². The molecule has 34 heavy (non-hydrogen) atoms. The molecule has 3 aromatic rings. The lowest BCUT2D eigenvalue weighted by atomic mass is 10.0. The number of primary amides is 1. The van der Waals surface area contributed by atoms with Crippen molar-refractivity contribution in [2.45, 2.75) is 25.5 Å². The highest BCUT2D eigenvalue weighted by Gasteiger charge is 2.34. The summed E-state index contributed by atoms with van der Waals surface area (Å²) in [6.45, 7) is -6.05. The minimum Gasteiger partial charge on any atom is -0.497 e. The molecule has 0 spiro atoms. The second-order valence-corrected chi connectivity index (χ2v) is 6.95. The number of fused-ring (bicyclic) bond motifs is 1. The van der Waals surface area contributed by atoms with Crippen molar-refractivity contribution in [2.75, 3.05) is 29.9 Å². The van der Waals surface area contributed by atoms with E-state index in [0.717, 1.165) is 31.4 Å². The van der Waals surface area contributed by atoms with E-state index in [9.17, 15) is 14.4 Å². The fourth-order valence-corrected chi connectivity index (χ4v) is 3.45. The number of benzene rings is 2. The number of rotatable bonds is 5. The molecule has 0 atom stereocenters. The van der Waals surface area contributed by atoms with Crippen molar-refractivity contribution in [3.63, 3.8) is 0 Å². The normalized spacial score (nSPS) is 29.3. The number of nitrogens with two attached hydrogens (primary N) is 1. The van der Waals surface area contributed by atoms with E-state index in [1.807, 2.05) is 0 Å². The fraction of sp³-hybridized carbons (Fsp3) is 0.280. The molecule has 1 saturated heterocycles. The molecular weight excluding hydrogens is 434 g/mol. The van der Waals surface area contributed by atoms with E-state index in [2.05, 4.69) is 5.10 Å². The Labute approximate surface area is 216 Å². The topological polar surface area (TPSA) is 111 Å². The molecule has 9 nitrogen and oxygen atoms in total. The van der Waals surface area contributed by atoms with Crippen LogP contribution in [0.3, 0.4) is 0 Å². The maximum Gasteiger partial charge on any atom is 0.277 e. The van der Waals surface area contributed by atoms with Crippen LogP contribution in [0.4, 0.5) is 11.4 Å². The van der Waals surface area contributed by atoms with Crippen LogP contribution in [-0.2, 0) is 11.2 Å². The summed E-state index contributed by atoms with van der Waals surface area (Å²) in [6, 6.07) is 1.30. The lowest BCUT2D eigenvalue weighted by Crippen LogP contribution is -2.39. The van der Waals surface area contributed by atoms with E-state index in [1.54, 1.807) is 0 Å². The summed E-state index contributed by atoms with van der Waals surface area (Å²) in [7, 11) is 1.12. The van der Waals surface area contributed by atoms with E-state index < -0.39 is 109 Å². The lowest BCUT2D eigenvalue weighted by molar-refractivity contribution is -0.119. The van der Waals surface area contributed by atoms with E-state index in [-0.39, 0.29) is 16.2 Å². The first kappa shape index (κ1) is 10.9. The number of hydrogen-bond donors (Lipinski definition) is 1. The van der Waals surface area contributed by atoms with E-state index in [0.29, 0.717) is 9.58 Å². The van der Waals surface area contributed by atoms with E-state index in [4.69, 9.17) is 29.7 Å². The van der Waals surface area contributed by atoms with Gasteiger partial charge in [-0.15, -0.1) is 0 Å². The first-order valence-corrected chi connectivity index (χ1v) is 9.75. The monoisotopic (exact) mass is 473 g/mol. The average Bonchev–Trinajstić information content (AvgIpc) is 3.34. The van der Waals surface area contributed by atoms with Gasteiger partial charge in [-0.05, 0) is 67.6 Å². The second kappa shape index (κ2) is 8.66. The number of aromatic nitrogens is 2. The first-order chi connectivity index (χ1) is 21.9. The number of anilines is 2. The number of carbonyl (C=O) groups excluding carboxylic acids is 3. The molecule has 9 heteroatoms. The number of carbonyl (C=O) groups is 3. The van der Waals surface area contributed by atoms with Gasteiger partial charge in [-0.25, -0.2) is 4.68 Å². The SMILES string of the molecule is [2H]c1c([2H])c(-n2nc(C(N)=O)c3c2C(=O)N(c2ccc(N4C(=O)C([2H])([2H])C([2H])([2H])C([2H])([2H])C4([2H])[2H])cc2)C([2H])([2H])C3)c([2H])c([2H])c1OC. The molecule has 0 saturated carbocycles. The zero-order valence-electron chi connectivity index (χ0n) is 31.5. The molecule has 3 amide bonds. The standard InChI is InChI=1S/C25H25N5O4/c1-34-19-11-9-18(10-12-19)30-23-20(22(27-30)24(26)32)13-15-29(25(23)33)17-7-5-16(6-8-17)28-14-3-2-4-21(28)31/h5-12H,2-4,13-15H2,1H3,(H2,26,32)/i2D2,3D2,4D2,9D,10D,11D,12D,14D2,15D2. The fourth-order valence-electron chi connectivity index (χ4n) is 3.45. The molecule has 5 rings (SSSR count). The predicted octanol–water partition coefficient (Wildman–Crippen LogP) is 2.70. The smallest absolute Gasteiger partial charge is 0.277 e. The number of hydrogen-bond acceptors (Lipinski definition) is 5. The highest BCUT2D eigenvalue weighted by Crippen LogP contribution is 2.31. The second-order valence-electron chi connectivity index (χ2n) is 6.95. The van der Waals surface area contributed by atoms with Gasteiger partial charge in [-0.1, -0.05) is 0 Å². The molecule has 1 aromatic heterocycles. The molecule has 0 unspecified atom stereocenters. The van der Waals surface area contributed by atoms with Crippen molar-refractivity contribution >= 4 is 29.1 Å². The summed E-state index contributed by atoms with van der Waals surface area (Å²) >= 11 is 0. The molecule has 3 heterocycles. The molecule has 0 bridgehead atoms. The third-order valence-electron chi connectivity index (χ3n) is 5.01. The minimum absolute atomic E-state index is 0.114. The van der Waals surface area contributed by atoms with Crippen molar-refractivity contribution in [3.05, 3.63) is 65.4 Å². The maximum absolute atomic E-state index is 14.1. The minimum atomic E-state index is -3.58. The van der Waals surface area contributed by atoms with Crippen LogP contribution in [0.25, 0.3) is 5.69 Å². The first-order valence-electron chi connectivity index (χ1n) is 16.8. The molecule has 2 aliphatic heterocycles. The quantitative estimate of drug-likeness (QED) is 0.613. The van der Waals surface area contributed by atoms with Gasteiger partial charge in [-0.2, -0.15) is 5.10 Å². The Hall–Kier alpha value is -4.14. The third-order valence-corrected chi connectivity index (χ3v) is 5.01. The van der Waals surface area contributed by atoms with Crippen LogP contribution in [-0.4, -0.2) is 47.6 Å². The zero-order valence-corrected chi connectivity index (χ0v) is 17.5. The van der Waals surface area contributed by atoms with Crippen molar-refractivity contribution in [2.24, 2.45) is 5.73 Å².